The van der Waals surface area contributed by atoms with E-state index < -0.39 is 6.10 Å². The Bertz CT molecular complexity index is 407. The minimum absolute atomic E-state index is 0.110. The molecule has 1 aromatic rings. The SMILES string of the molecule is COc1ccc(C)cc1C(C)NCC(O)COC(C)C. The first-order chi connectivity index (χ1) is 9.43. The summed E-state index contributed by atoms with van der Waals surface area (Å²) in [6, 6.07) is 6.22. The van der Waals surface area contributed by atoms with Crippen LogP contribution in [0.1, 0.15) is 37.9 Å². The Labute approximate surface area is 122 Å². The van der Waals surface area contributed by atoms with E-state index in [0.717, 1.165) is 11.3 Å². The van der Waals surface area contributed by atoms with E-state index in [1.807, 2.05) is 26.0 Å². The van der Waals surface area contributed by atoms with Crippen LogP contribution < -0.4 is 10.1 Å². The molecule has 20 heavy (non-hydrogen) atoms. The van der Waals surface area contributed by atoms with Crippen LogP contribution in [0, 0.1) is 6.92 Å². The highest BCUT2D eigenvalue weighted by Crippen LogP contribution is 2.25. The average molecular weight is 281 g/mol. The van der Waals surface area contributed by atoms with Crippen LogP contribution >= 0.6 is 0 Å². The molecule has 0 radical (unpaired) electrons. The Balaban J connectivity index is 2.54. The van der Waals surface area contributed by atoms with Gasteiger partial charge in [-0.3, -0.25) is 0 Å². The normalized spacial score (nSPS) is 14.3. The topological polar surface area (TPSA) is 50.7 Å². The van der Waals surface area contributed by atoms with Crippen molar-refractivity contribution in [3.8, 4) is 5.75 Å². The molecule has 0 aliphatic carbocycles. The Hall–Kier alpha value is -1.10. The summed E-state index contributed by atoms with van der Waals surface area (Å²) in [6.07, 6.45) is -0.366. The molecule has 0 amide bonds. The van der Waals surface area contributed by atoms with Crippen molar-refractivity contribution >= 4 is 0 Å². The zero-order valence-corrected chi connectivity index (χ0v) is 13.1. The molecule has 2 N–H and O–H groups in total. The van der Waals surface area contributed by atoms with E-state index >= 15 is 0 Å². The van der Waals surface area contributed by atoms with Gasteiger partial charge in [-0.05, 0) is 33.8 Å². The van der Waals surface area contributed by atoms with Crippen molar-refractivity contribution in [2.45, 2.75) is 45.9 Å². The predicted molar refractivity (Wildman–Crippen MR) is 81.2 cm³/mol. The zero-order valence-electron chi connectivity index (χ0n) is 13.1. The van der Waals surface area contributed by atoms with Crippen molar-refractivity contribution < 1.29 is 14.6 Å². The lowest BCUT2D eigenvalue weighted by Crippen LogP contribution is -2.33. The monoisotopic (exact) mass is 281 g/mol. The maximum atomic E-state index is 9.86. The molecule has 2 unspecified atom stereocenters. The van der Waals surface area contributed by atoms with E-state index in [-0.39, 0.29) is 12.1 Å². The third-order valence-electron chi connectivity index (χ3n) is 3.13. The molecule has 114 valence electrons. The number of hydrogen-bond acceptors (Lipinski definition) is 4. The quantitative estimate of drug-likeness (QED) is 0.768. The molecule has 4 nitrogen and oxygen atoms in total. The third-order valence-corrected chi connectivity index (χ3v) is 3.13. The number of ether oxygens (including phenoxy) is 2. The van der Waals surface area contributed by atoms with Crippen molar-refractivity contribution in [1.29, 1.82) is 0 Å². The fourth-order valence-electron chi connectivity index (χ4n) is 1.98. The number of methoxy groups -OCH3 is 1. The first kappa shape index (κ1) is 17.0. The van der Waals surface area contributed by atoms with Gasteiger partial charge in [0, 0.05) is 18.2 Å². The standard InChI is InChI=1S/C16H27NO3/c1-11(2)20-10-14(18)9-17-13(4)15-8-12(3)6-7-16(15)19-5/h6-8,11,13-14,17-18H,9-10H2,1-5H3. The Kier molecular flexibility index (Phi) is 6.99. The number of aliphatic hydroxyl groups excluding tert-OH is 1. The third kappa shape index (κ3) is 5.49. The second kappa shape index (κ2) is 8.25. The molecule has 1 rings (SSSR count). The van der Waals surface area contributed by atoms with Crippen molar-refractivity contribution in [1.82, 2.24) is 5.32 Å². The van der Waals surface area contributed by atoms with Crippen LogP contribution in [0.25, 0.3) is 0 Å². The van der Waals surface area contributed by atoms with E-state index in [1.54, 1.807) is 7.11 Å². The van der Waals surface area contributed by atoms with Gasteiger partial charge in [0.05, 0.1) is 25.9 Å². The molecule has 0 saturated heterocycles. The fourth-order valence-corrected chi connectivity index (χ4v) is 1.98. The van der Waals surface area contributed by atoms with Gasteiger partial charge in [-0.15, -0.1) is 0 Å². The molecule has 0 spiro atoms. The lowest BCUT2D eigenvalue weighted by atomic mass is 10.0. The summed E-state index contributed by atoms with van der Waals surface area (Å²) in [7, 11) is 1.67. The maximum Gasteiger partial charge on any atom is 0.123 e. The predicted octanol–water partition coefficient (Wildman–Crippen LogP) is 2.44. The van der Waals surface area contributed by atoms with E-state index in [4.69, 9.17) is 9.47 Å². The summed E-state index contributed by atoms with van der Waals surface area (Å²) in [5.74, 6) is 0.864. The highest BCUT2D eigenvalue weighted by Gasteiger charge is 2.13. The fraction of sp³-hybridized carbons (Fsp3) is 0.625. The maximum absolute atomic E-state index is 9.86. The van der Waals surface area contributed by atoms with Crippen molar-refractivity contribution in [3.63, 3.8) is 0 Å². The average Bonchev–Trinajstić information content (AvgIpc) is 2.42. The van der Waals surface area contributed by atoms with Gasteiger partial charge in [-0.2, -0.15) is 0 Å². The molecule has 0 saturated carbocycles. The number of hydrogen-bond donors (Lipinski definition) is 2. The number of aryl methyl sites for hydroxylation is 1. The summed E-state index contributed by atoms with van der Waals surface area (Å²) >= 11 is 0. The summed E-state index contributed by atoms with van der Waals surface area (Å²) in [5, 5.41) is 13.2. The molecule has 0 aliphatic heterocycles. The van der Waals surface area contributed by atoms with Crippen molar-refractivity contribution in [3.05, 3.63) is 29.3 Å². The Morgan fingerprint density at radius 1 is 1.25 bits per heavy atom. The second-order valence-electron chi connectivity index (χ2n) is 5.41. The molecule has 0 bridgehead atoms. The second-order valence-corrected chi connectivity index (χ2v) is 5.41. The highest BCUT2D eigenvalue weighted by molar-refractivity contribution is 5.38. The summed E-state index contributed by atoms with van der Waals surface area (Å²) < 4.78 is 10.8. The smallest absolute Gasteiger partial charge is 0.123 e. The Morgan fingerprint density at radius 3 is 2.55 bits per heavy atom. The number of benzene rings is 1. The van der Waals surface area contributed by atoms with Crippen molar-refractivity contribution in [2.24, 2.45) is 0 Å². The van der Waals surface area contributed by atoms with Gasteiger partial charge >= 0.3 is 0 Å². The van der Waals surface area contributed by atoms with Crippen molar-refractivity contribution in [2.75, 3.05) is 20.3 Å². The molecular weight excluding hydrogens is 254 g/mol. The van der Waals surface area contributed by atoms with Crippen LogP contribution in [0.3, 0.4) is 0 Å². The molecule has 0 aliphatic rings. The van der Waals surface area contributed by atoms with Gasteiger partial charge < -0.3 is 19.9 Å². The van der Waals surface area contributed by atoms with Crippen LogP contribution in [0.4, 0.5) is 0 Å². The van der Waals surface area contributed by atoms with E-state index in [1.165, 1.54) is 5.56 Å². The highest BCUT2D eigenvalue weighted by atomic mass is 16.5. The molecule has 2 atom stereocenters. The molecule has 0 fully saturated rings. The van der Waals surface area contributed by atoms with Crippen LogP contribution in [-0.2, 0) is 4.74 Å². The van der Waals surface area contributed by atoms with Crippen LogP contribution in [-0.4, -0.2) is 37.6 Å². The summed E-state index contributed by atoms with van der Waals surface area (Å²) in [4.78, 5) is 0. The van der Waals surface area contributed by atoms with Gasteiger partial charge in [0.1, 0.15) is 5.75 Å². The van der Waals surface area contributed by atoms with Crippen LogP contribution in [0.2, 0.25) is 0 Å². The molecule has 1 aromatic carbocycles. The molecular formula is C16H27NO3. The molecule has 0 aromatic heterocycles. The lowest BCUT2D eigenvalue weighted by molar-refractivity contribution is 0.00558. The van der Waals surface area contributed by atoms with Crippen LogP contribution in [0.15, 0.2) is 18.2 Å². The number of aliphatic hydroxyl groups is 1. The summed E-state index contributed by atoms with van der Waals surface area (Å²) in [5.41, 5.74) is 2.29. The van der Waals surface area contributed by atoms with Gasteiger partial charge in [0.2, 0.25) is 0 Å². The Morgan fingerprint density at radius 2 is 1.95 bits per heavy atom. The minimum Gasteiger partial charge on any atom is -0.496 e. The number of rotatable bonds is 8. The van der Waals surface area contributed by atoms with E-state index in [9.17, 15) is 5.11 Å². The molecule has 4 heteroatoms. The lowest BCUT2D eigenvalue weighted by Gasteiger charge is -2.20. The first-order valence-corrected chi connectivity index (χ1v) is 7.11. The number of nitrogens with one attached hydrogen (secondary N) is 1. The zero-order chi connectivity index (χ0) is 15.1. The minimum atomic E-state index is -0.504. The summed E-state index contributed by atoms with van der Waals surface area (Å²) in [6.45, 7) is 8.88. The van der Waals surface area contributed by atoms with Gasteiger partial charge in [-0.1, -0.05) is 17.7 Å². The van der Waals surface area contributed by atoms with Gasteiger partial charge in [0.25, 0.3) is 0 Å². The van der Waals surface area contributed by atoms with Gasteiger partial charge in [-0.25, -0.2) is 0 Å². The van der Waals surface area contributed by atoms with E-state index in [2.05, 4.69) is 25.2 Å². The van der Waals surface area contributed by atoms with E-state index in [0.29, 0.717) is 13.2 Å². The molecule has 0 heterocycles. The van der Waals surface area contributed by atoms with Crippen LogP contribution in [0.5, 0.6) is 5.75 Å². The first-order valence-electron chi connectivity index (χ1n) is 7.11. The largest absolute Gasteiger partial charge is 0.496 e. The van der Waals surface area contributed by atoms with Gasteiger partial charge in [0.15, 0.2) is 0 Å².